The molecule has 0 aliphatic carbocycles. The van der Waals surface area contributed by atoms with Crippen LogP contribution in [0, 0.1) is 6.57 Å². The van der Waals surface area contributed by atoms with Crippen LogP contribution in [0.2, 0.25) is 0 Å². The summed E-state index contributed by atoms with van der Waals surface area (Å²) >= 11 is 0. The molecule has 0 radical (unpaired) electrons. The normalized spacial score (nSPS) is 13.9. The van der Waals surface area contributed by atoms with Crippen LogP contribution in [-0.2, 0) is 24.2 Å². The number of fused-ring (bicyclic) bond motifs is 1. The first-order valence-corrected chi connectivity index (χ1v) is 7.58. The first-order chi connectivity index (χ1) is 11.2. The van der Waals surface area contributed by atoms with Crippen molar-refractivity contribution in [2.24, 2.45) is 0 Å². The lowest BCUT2D eigenvalue weighted by molar-refractivity contribution is 0.0600. The van der Waals surface area contributed by atoms with Gasteiger partial charge in [0.2, 0.25) is 0 Å². The summed E-state index contributed by atoms with van der Waals surface area (Å²) in [7, 11) is 1.40. The van der Waals surface area contributed by atoms with Gasteiger partial charge in [-0.3, -0.25) is 4.90 Å². The molecule has 0 bridgehead atoms. The lowest BCUT2D eigenvalue weighted by atomic mass is 9.97. The quantitative estimate of drug-likeness (QED) is 0.642. The monoisotopic (exact) mass is 306 g/mol. The zero-order valence-corrected chi connectivity index (χ0v) is 13.1. The maximum atomic E-state index is 11.7. The number of carbonyl (C=O) groups excluding carboxylic acids is 1. The smallest absolute Gasteiger partial charge is 0.337 e. The van der Waals surface area contributed by atoms with Crippen molar-refractivity contribution in [1.82, 2.24) is 4.90 Å². The summed E-state index contributed by atoms with van der Waals surface area (Å²) in [6, 6.07) is 13.5. The predicted molar refractivity (Wildman–Crippen MR) is 88.3 cm³/mol. The van der Waals surface area contributed by atoms with Crippen LogP contribution in [0.1, 0.15) is 27.0 Å². The maximum Gasteiger partial charge on any atom is 0.337 e. The summed E-state index contributed by atoms with van der Waals surface area (Å²) in [5.41, 5.74) is 4.97. The molecule has 23 heavy (non-hydrogen) atoms. The van der Waals surface area contributed by atoms with Crippen LogP contribution in [0.4, 0.5) is 5.69 Å². The van der Waals surface area contributed by atoms with Crippen LogP contribution in [0.5, 0.6) is 0 Å². The largest absolute Gasteiger partial charge is 0.465 e. The van der Waals surface area contributed by atoms with Gasteiger partial charge < -0.3 is 4.74 Å². The molecule has 0 fully saturated rings. The second kappa shape index (κ2) is 6.64. The van der Waals surface area contributed by atoms with Gasteiger partial charge in [-0.25, -0.2) is 9.64 Å². The van der Waals surface area contributed by atoms with E-state index in [4.69, 9.17) is 11.3 Å². The molecule has 0 unspecified atom stereocenters. The lowest BCUT2D eigenvalue weighted by Gasteiger charge is -2.29. The summed E-state index contributed by atoms with van der Waals surface area (Å²) in [5.74, 6) is -0.292. The number of benzene rings is 2. The zero-order valence-electron chi connectivity index (χ0n) is 13.1. The highest BCUT2D eigenvalue weighted by atomic mass is 16.5. The third kappa shape index (κ3) is 3.41. The van der Waals surface area contributed by atoms with Gasteiger partial charge in [-0.05, 0) is 35.2 Å². The van der Waals surface area contributed by atoms with Gasteiger partial charge in [0, 0.05) is 19.6 Å². The Hall–Kier alpha value is -2.64. The van der Waals surface area contributed by atoms with Gasteiger partial charge >= 0.3 is 5.97 Å². The van der Waals surface area contributed by atoms with Gasteiger partial charge in [0.1, 0.15) is 0 Å². The van der Waals surface area contributed by atoms with E-state index in [0.29, 0.717) is 11.3 Å². The van der Waals surface area contributed by atoms with Crippen molar-refractivity contribution < 1.29 is 9.53 Å². The van der Waals surface area contributed by atoms with Gasteiger partial charge in [0.15, 0.2) is 5.69 Å². The van der Waals surface area contributed by atoms with Crippen molar-refractivity contribution in [2.45, 2.75) is 19.5 Å². The van der Waals surface area contributed by atoms with Crippen LogP contribution in [0.25, 0.3) is 4.85 Å². The number of carbonyl (C=O) groups is 1. The molecule has 0 saturated carbocycles. The minimum Gasteiger partial charge on any atom is -0.465 e. The SMILES string of the molecule is [C-]#[N+]c1ccc(CN2CCc3ccc(C(=O)OC)cc3C2)cc1. The molecular weight excluding hydrogens is 288 g/mol. The molecule has 0 amide bonds. The average Bonchev–Trinajstić information content (AvgIpc) is 2.61. The van der Waals surface area contributed by atoms with Crippen LogP contribution < -0.4 is 0 Å². The first-order valence-electron chi connectivity index (χ1n) is 7.58. The van der Waals surface area contributed by atoms with Gasteiger partial charge in [0.25, 0.3) is 0 Å². The molecule has 3 rings (SSSR count). The Morgan fingerprint density at radius 3 is 2.70 bits per heavy atom. The Morgan fingerprint density at radius 1 is 1.22 bits per heavy atom. The molecule has 0 saturated heterocycles. The number of nitrogens with zero attached hydrogens (tertiary/aromatic N) is 2. The molecule has 1 aliphatic rings. The Kier molecular flexibility index (Phi) is 4.40. The zero-order chi connectivity index (χ0) is 16.2. The highest BCUT2D eigenvalue weighted by molar-refractivity contribution is 5.89. The number of methoxy groups -OCH3 is 1. The number of hydrogen-bond donors (Lipinski definition) is 0. The van der Waals surface area contributed by atoms with Crippen LogP contribution >= 0.6 is 0 Å². The van der Waals surface area contributed by atoms with E-state index >= 15 is 0 Å². The molecule has 4 nitrogen and oxygen atoms in total. The lowest BCUT2D eigenvalue weighted by Crippen LogP contribution is -2.30. The van der Waals surface area contributed by atoms with E-state index in [1.165, 1.54) is 23.8 Å². The number of rotatable bonds is 3. The van der Waals surface area contributed by atoms with Crippen molar-refractivity contribution >= 4 is 11.7 Å². The van der Waals surface area contributed by atoms with Crippen LogP contribution in [0.15, 0.2) is 42.5 Å². The molecule has 116 valence electrons. The van der Waals surface area contributed by atoms with Crippen molar-refractivity contribution in [3.63, 3.8) is 0 Å². The topological polar surface area (TPSA) is 33.9 Å². The third-order valence-corrected chi connectivity index (χ3v) is 4.19. The Balaban J connectivity index is 1.73. The van der Waals surface area contributed by atoms with Crippen molar-refractivity contribution in [1.29, 1.82) is 0 Å². The fourth-order valence-electron chi connectivity index (χ4n) is 2.93. The van der Waals surface area contributed by atoms with Gasteiger partial charge in [-0.1, -0.05) is 30.3 Å². The molecule has 0 spiro atoms. The standard InChI is InChI=1S/C19H18N2O2/c1-20-18-7-3-14(4-8-18)12-21-10-9-15-5-6-16(19(22)23-2)11-17(15)13-21/h3-8,11H,9-10,12-13H2,2H3. The summed E-state index contributed by atoms with van der Waals surface area (Å²) in [6.45, 7) is 9.66. The van der Waals surface area contributed by atoms with Crippen molar-refractivity contribution in [3.05, 3.63) is 76.1 Å². The number of ether oxygens (including phenoxy) is 1. The fraction of sp³-hybridized carbons (Fsp3) is 0.263. The average molecular weight is 306 g/mol. The number of esters is 1. The van der Waals surface area contributed by atoms with E-state index in [1.54, 1.807) is 0 Å². The maximum absolute atomic E-state index is 11.7. The summed E-state index contributed by atoms with van der Waals surface area (Å²) in [5, 5.41) is 0. The number of hydrogen-bond acceptors (Lipinski definition) is 3. The molecule has 0 N–H and O–H groups in total. The van der Waals surface area contributed by atoms with E-state index in [2.05, 4.69) is 9.74 Å². The summed E-state index contributed by atoms with van der Waals surface area (Å²) < 4.78 is 4.79. The van der Waals surface area contributed by atoms with E-state index < -0.39 is 0 Å². The first kappa shape index (κ1) is 15.3. The Labute approximate surface area is 136 Å². The van der Waals surface area contributed by atoms with Gasteiger partial charge in [0.05, 0.1) is 19.2 Å². The van der Waals surface area contributed by atoms with E-state index in [1.807, 2.05) is 42.5 Å². The third-order valence-electron chi connectivity index (χ3n) is 4.19. The minimum atomic E-state index is -0.292. The highest BCUT2D eigenvalue weighted by Crippen LogP contribution is 2.23. The van der Waals surface area contributed by atoms with Crippen LogP contribution in [0.3, 0.4) is 0 Å². The molecular formula is C19H18N2O2. The highest BCUT2D eigenvalue weighted by Gasteiger charge is 2.18. The minimum absolute atomic E-state index is 0.292. The van der Waals surface area contributed by atoms with Gasteiger partial charge in [-0.15, -0.1) is 0 Å². The predicted octanol–water partition coefficient (Wildman–Crippen LogP) is 3.58. The second-order valence-electron chi connectivity index (χ2n) is 5.71. The van der Waals surface area contributed by atoms with Crippen molar-refractivity contribution in [3.8, 4) is 0 Å². The Morgan fingerprint density at radius 2 is 2.00 bits per heavy atom. The molecule has 4 heteroatoms. The molecule has 0 aromatic heterocycles. The second-order valence-corrected chi connectivity index (χ2v) is 5.71. The van der Waals surface area contributed by atoms with E-state index in [-0.39, 0.29) is 5.97 Å². The molecule has 2 aromatic rings. The molecule has 1 aliphatic heterocycles. The fourth-order valence-corrected chi connectivity index (χ4v) is 2.93. The molecule has 1 heterocycles. The van der Waals surface area contributed by atoms with E-state index in [9.17, 15) is 4.79 Å². The Bertz CT molecular complexity index is 760. The molecule has 0 atom stereocenters. The van der Waals surface area contributed by atoms with Crippen LogP contribution in [-0.4, -0.2) is 24.5 Å². The summed E-state index contributed by atoms with van der Waals surface area (Å²) in [6.07, 6.45) is 0.983. The molecule has 2 aromatic carbocycles. The summed E-state index contributed by atoms with van der Waals surface area (Å²) in [4.78, 5) is 17.4. The van der Waals surface area contributed by atoms with Gasteiger partial charge in [-0.2, -0.15) is 0 Å². The van der Waals surface area contributed by atoms with Crippen molar-refractivity contribution in [2.75, 3.05) is 13.7 Å². The van der Waals surface area contributed by atoms with E-state index in [0.717, 1.165) is 26.1 Å².